The van der Waals surface area contributed by atoms with Gasteiger partial charge in [0.1, 0.15) is 22.8 Å². The van der Waals surface area contributed by atoms with E-state index in [1.807, 2.05) is 22.9 Å². The fourth-order valence-electron chi connectivity index (χ4n) is 4.20. The molecule has 1 aliphatic heterocycles. The summed E-state index contributed by atoms with van der Waals surface area (Å²) in [5.74, 6) is 1.96. The number of benzene rings is 1. The third kappa shape index (κ3) is 5.43. The molecule has 37 heavy (non-hydrogen) atoms. The molecule has 1 N–H and O–H groups in total. The molecule has 1 aliphatic rings. The Morgan fingerprint density at radius 3 is 2.81 bits per heavy atom. The van der Waals surface area contributed by atoms with E-state index in [2.05, 4.69) is 27.4 Å². The molecule has 0 radical (unpaired) electrons. The van der Waals surface area contributed by atoms with Gasteiger partial charge < -0.3 is 19.5 Å². The number of nitrogens with zero attached hydrogens (tertiary/aromatic N) is 6. The molecule has 4 heterocycles. The summed E-state index contributed by atoms with van der Waals surface area (Å²) in [4.78, 5) is 25.0. The van der Waals surface area contributed by atoms with E-state index in [0.717, 1.165) is 47.3 Å². The van der Waals surface area contributed by atoms with Crippen molar-refractivity contribution in [2.75, 3.05) is 43.5 Å². The van der Waals surface area contributed by atoms with E-state index < -0.39 is 0 Å². The van der Waals surface area contributed by atoms with Crippen LogP contribution in [0.25, 0.3) is 22.3 Å². The highest BCUT2D eigenvalue weighted by molar-refractivity contribution is 7.99. The zero-order chi connectivity index (χ0) is 25.8. The topological polar surface area (TPSA) is 111 Å². The Hall–Kier alpha value is -3.15. The lowest BCUT2D eigenvalue weighted by molar-refractivity contribution is 0.0951. The number of halogens is 1. The number of hydrogen-bond acceptors (Lipinski definition) is 9. The van der Waals surface area contributed by atoms with Gasteiger partial charge in [0, 0.05) is 31.0 Å². The molecular weight excluding hydrogens is 514 g/mol. The summed E-state index contributed by atoms with van der Waals surface area (Å²) >= 11 is 7.97. The van der Waals surface area contributed by atoms with E-state index in [1.54, 1.807) is 30.9 Å². The summed E-state index contributed by atoms with van der Waals surface area (Å²) in [6.07, 6.45) is 2.83. The van der Waals surface area contributed by atoms with Gasteiger partial charge in [-0.2, -0.15) is 5.10 Å². The van der Waals surface area contributed by atoms with Crippen LogP contribution in [0, 0.1) is 6.92 Å². The lowest BCUT2D eigenvalue weighted by atomic mass is 10.1. The van der Waals surface area contributed by atoms with E-state index in [0.29, 0.717) is 53.9 Å². The van der Waals surface area contributed by atoms with E-state index >= 15 is 0 Å². The second kappa shape index (κ2) is 11.5. The molecule has 4 aromatic rings. The first-order valence-electron chi connectivity index (χ1n) is 12.2. The van der Waals surface area contributed by atoms with Gasteiger partial charge in [0.15, 0.2) is 10.8 Å². The first kappa shape index (κ1) is 25.5. The van der Waals surface area contributed by atoms with Gasteiger partial charge in [0.05, 0.1) is 36.4 Å². The number of nitrogens with one attached hydrogen (secondary N) is 1. The second-order valence-electron chi connectivity index (χ2n) is 8.58. The number of thioether (sulfide) groups is 1. The van der Waals surface area contributed by atoms with Crippen LogP contribution < -0.4 is 10.2 Å². The number of fused-ring (bicyclic) bond motifs is 1. The molecule has 0 spiro atoms. The molecule has 5 rings (SSSR count). The quantitative estimate of drug-likeness (QED) is 0.246. The molecule has 0 atom stereocenters. The number of anilines is 1. The zero-order valence-electron chi connectivity index (χ0n) is 20.7. The van der Waals surface area contributed by atoms with Crippen LogP contribution in [-0.4, -0.2) is 69.4 Å². The maximum atomic E-state index is 13.1. The Morgan fingerprint density at radius 2 is 2.03 bits per heavy atom. The highest BCUT2D eigenvalue weighted by atomic mass is 35.5. The second-order valence-corrected chi connectivity index (χ2v) is 10.1. The number of aromatic nitrogens is 5. The fourth-order valence-corrected chi connectivity index (χ4v) is 5.11. The zero-order valence-corrected chi connectivity index (χ0v) is 22.3. The van der Waals surface area contributed by atoms with Crippen LogP contribution in [-0.2, 0) is 11.3 Å². The number of amides is 1. The highest BCUT2D eigenvalue weighted by Gasteiger charge is 2.23. The van der Waals surface area contributed by atoms with Crippen LogP contribution >= 0.6 is 23.4 Å². The fraction of sp³-hybridized carbons (Fsp3) is 0.400. The van der Waals surface area contributed by atoms with Gasteiger partial charge in [-0.15, -0.1) is 0 Å². The van der Waals surface area contributed by atoms with Gasteiger partial charge >= 0.3 is 0 Å². The van der Waals surface area contributed by atoms with Crippen molar-refractivity contribution in [1.29, 1.82) is 0 Å². The molecule has 3 aromatic heterocycles. The van der Waals surface area contributed by atoms with Gasteiger partial charge in [0.25, 0.3) is 5.91 Å². The van der Waals surface area contributed by atoms with Crippen molar-refractivity contribution in [3.63, 3.8) is 0 Å². The Balaban J connectivity index is 1.35. The lowest BCUT2D eigenvalue weighted by Gasteiger charge is -2.28. The smallest absolute Gasteiger partial charge is 0.257 e. The summed E-state index contributed by atoms with van der Waals surface area (Å²) in [7, 11) is 0. The summed E-state index contributed by atoms with van der Waals surface area (Å²) in [6.45, 7) is 7.52. The highest BCUT2D eigenvalue weighted by Crippen LogP contribution is 2.31. The standard InChI is InChI=1S/C25H28ClN7O3S/c1-3-14-37-25-29-22(32-10-12-35-13-11-32)18-15-28-33(23(18)30-25)9-8-27-24(34)20-16(2)36-31-21(20)17-6-4-5-7-19(17)26/h4-7,15H,3,8-14H2,1-2H3,(H,27,34). The molecule has 0 unspecified atom stereocenters. The van der Waals surface area contributed by atoms with Gasteiger partial charge in [-0.05, 0) is 19.4 Å². The molecule has 12 heteroatoms. The van der Waals surface area contributed by atoms with Gasteiger partial charge in [-0.3, -0.25) is 4.79 Å². The minimum absolute atomic E-state index is 0.284. The maximum Gasteiger partial charge on any atom is 0.257 e. The summed E-state index contributed by atoms with van der Waals surface area (Å²) in [5, 5.41) is 13.7. The summed E-state index contributed by atoms with van der Waals surface area (Å²) in [6, 6.07) is 7.24. The van der Waals surface area contributed by atoms with Gasteiger partial charge in [0.2, 0.25) is 0 Å². The number of hydrogen-bond donors (Lipinski definition) is 1. The number of carbonyl (C=O) groups is 1. The molecule has 1 saturated heterocycles. The number of rotatable bonds is 9. The minimum Gasteiger partial charge on any atom is -0.378 e. The normalized spacial score (nSPS) is 13.9. The number of aryl methyl sites for hydroxylation is 1. The molecule has 0 bridgehead atoms. The molecule has 1 fully saturated rings. The Morgan fingerprint density at radius 1 is 1.22 bits per heavy atom. The lowest BCUT2D eigenvalue weighted by Crippen LogP contribution is -2.37. The van der Waals surface area contributed by atoms with Crippen molar-refractivity contribution in [2.45, 2.75) is 32.0 Å². The van der Waals surface area contributed by atoms with Crippen LogP contribution in [0.3, 0.4) is 0 Å². The predicted molar refractivity (Wildman–Crippen MR) is 143 cm³/mol. The largest absolute Gasteiger partial charge is 0.378 e. The van der Waals surface area contributed by atoms with Crippen LogP contribution in [0.2, 0.25) is 5.02 Å². The molecule has 1 amide bonds. The molecule has 0 saturated carbocycles. The number of carbonyl (C=O) groups excluding carboxylic acids is 1. The van der Waals surface area contributed by atoms with Gasteiger partial charge in [-0.1, -0.05) is 53.6 Å². The van der Waals surface area contributed by atoms with Gasteiger partial charge in [-0.25, -0.2) is 14.6 Å². The molecule has 1 aromatic carbocycles. The van der Waals surface area contributed by atoms with Crippen molar-refractivity contribution in [2.24, 2.45) is 0 Å². The number of ether oxygens (including phenoxy) is 1. The maximum absolute atomic E-state index is 13.1. The molecular formula is C25H28ClN7O3S. The SMILES string of the molecule is CCCSc1nc(N2CCOCC2)c2cnn(CCNC(=O)c3c(-c4ccccc4Cl)noc3C)c2n1. The third-order valence-corrected chi connectivity index (χ3v) is 7.41. The van der Waals surface area contributed by atoms with Crippen LogP contribution in [0.5, 0.6) is 0 Å². The Labute approximate surface area is 223 Å². The Bertz CT molecular complexity index is 1400. The summed E-state index contributed by atoms with van der Waals surface area (Å²) < 4.78 is 12.7. The average molecular weight is 542 g/mol. The Kier molecular flexibility index (Phi) is 7.92. The predicted octanol–water partition coefficient (Wildman–Crippen LogP) is 4.21. The van der Waals surface area contributed by atoms with Crippen molar-refractivity contribution in [3.8, 4) is 11.3 Å². The molecule has 10 nitrogen and oxygen atoms in total. The van der Waals surface area contributed by atoms with Crippen LogP contribution in [0.15, 0.2) is 40.1 Å². The van der Waals surface area contributed by atoms with Crippen molar-refractivity contribution in [3.05, 3.63) is 46.8 Å². The summed E-state index contributed by atoms with van der Waals surface area (Å²) in [5.41, 5.74) is 2.19. The number of morpholine rings is 1. The van der Waals surface area contributed by atoms with Crippen LogP contribution in [0.1, 0.15) is 29.5 Å². The molecule has 194 valence electrons. The van der Waals surface area contributed by atoms with E-state index in [-0.39, 0.29) is 5.91 Å². The van der Waals surface area contributed by atoms with Crippen molar-refractivity contribution in [1.82, 2.24) is 30.2 Å². The van der Waals surface area contributed by atoms with Crippen LogP contribution in [0.4, 0.5) is 5.82 Å². The van der Waals surface area contributed by atoms with E-state index in [9.17, 15) is 4.79 Å². The third-order valence-electron chi connectivity index (χ3n) is 6.03. The average Bonchev–Trinajstić information content (AvgIpc) is 3.51. The first-order chi connectivity index (χ1) is 18.1. The molecule has 0 aliphatic carbocycles. The monoisotopic (exact) mass is 541 g/mol. The minimum atomic E-state index is -0.284. The van der Waals surface area contributed by atoms with E-state index in [1.165, 1.54) is 0 Å². The van der Waals surface area contributed by atoms with Crippen molar-refractivity contribution >= 4 is 46.1 Å². The van der Waals surface area contributed by atoms with Crippen molar-refractivity contribution < 1.29 is 14.1 Å². The van der Waals surface area contributed by atoms with E-state index in [4.69, 9.17) is 30.8 Å². The first-order valence-corrected chi connectivity index (χ1v) is 13.6.